The van der Waals surface area contributed by atoms with Gasteiger partial charge < -0.3 is 9.15 Å². The van der Waals surface area contributed by atoms with Gasteiger partial charge in [0.05, 0.1) is 13.3 Å². The highest BCUT2D eigenvalue weighted by atomic mass is 16.5. The summed E-state index contributed by atoms with van der Waals surface area (Å²) in [7, 11) is 1.64. The molecule has 0 bridgehead atoms. The fourth-order valence-electron chi connectivity index (χ4n) is 1.77. The molecule has 2 aromatic carbocycles. The number of anilines is 1. The highest BCUT2D eigenvalue weighted by molar-refractivity contribution is 5.80. The van der Waals surface area contributed by atoms with E-state index in [-0.39, 0.29) is 0 Å². The lowest BCUT2D eigenvalue weighted by atomic mass is 10.2. The molecular formula is C15H13N3O2. The van der Waals surface area contributed by atoms with Crippen molar-refractivity contribution >= 4 is 23.3 Å². The Balaban J connectivity index is 1.69. The lowest BCUT2D eigenvalue weighted by Gasteiger charge is -1.98. The molecule has 1 aromatic heterocycles. The first-order valence-corrected chi connectivity index (χ1v) is 6.14. The van der Waals surface area contributed by atoms with Gasteiger partial charge in [0.1, 0.15) is 11.3 Å². The summed E-state index contributed by atoms with van der Waals surface area (Å²) in [5.74, 6) is 0.814. The van der Waals surface area contributed by atoms with Gasteiger partial charge in [-0.3, -0.25) is 0 Å². The third-order valence-corrected chi connectivity index (χ3v) is 2.78. The van der Waals surface area contributed by atoms with Crippen molar-refractivity contribution in [3.05, 3.63) is 54.1 Å². The average molecular weight is 267 g/mol. The molecule has 20 heavy (non-hydrogen) atoms. The molecule has 100 valence electrons. The van der Waals surface area contributed by atoms with Gasteiger partial charge in [-0.1, -0.05) is 12.1 Å². The molecule has 3 aromatic rings. The van der Waals surface area contributed by atoms with E-state index in [0.717, 1.165) is 22.4 Å². The lowest BCUT2D eigenvalue weighted by molar-refractivity contribution is 0.415. The van der Waals surface area contributed by atoms with Crippen LogP contribution in [0, 0.1) is 0 Å². The second kappa shape index (κ2) is 5.44. The molecule has 0 aliphatic rings. The zero-order valence-corrected chi connectivity index (χ0v) is 10.9. The summed E-state index contributed by atoms with van der Waals surface area (Å²) in [6.45, 7) is 0. The van der Waals surface area contributed by atoms with Crippen molar-refractivity contribution in [1.82, 2.24) is 4.98 Å². The first-order chi connectivity index (χ1) is 9.85. The maximum absolute atomic E-state index is 5.49. The first-order valence-electron chi connectivity index (χ1n) is 6.14. The van der Waals surface area contributed by atoms with Crippen LogP contribution >= 0.6 is 0 Å². The SMILES string of the molecule is COc1ccc(C=NNc2nc3ccccc3o2)cc1. The maximum atomic E-state index is 5.49. The average Bonchev–Trinajstić information content (AvgIpc) is 2.90. The molecule has 0 aliphatic heterocycles. The predicted octanol–water partition coefficient (Wildman–Crippen LogP) is 3.28. The van der Waals surface area contributed by atoms with Gasteiger partial charge >= 0.3 is 6.01 Å². The monoisotopic (exact) mass is 267 g/mol. The number of hydrogen-bond acceptors (Lipinski definition) is 5. The third kappa shape index (κ3) is 2.61. The van der Waals surface area contributed by atoms with E-state index in [0.29, 0.717) is 6.01 Å². The molecular weight excluding hydrogens is 254 g/mol. The molecule has 0 amide bonds. The van der Waals surface area contributed by atoms with Crippen LogP contribution in [0.1, 0.15) is 5.56 Å². The van der Waals surface area contributed by atoms with E-state index in [1.54, 1.807) is 13.3 Å². The van der Waals surface area contributed by atoms with Crippen molar-refractivity contribution in [3.63, 3.8) is 0 Å². The van der Waals surface area contributed by atoms with E-state index in [9.17, 15) is 0 Å². The molecule has 1 heterocycles. The molecule has 3 rings (SSSR count). The van der Waals surface area contributed by atoms with Crippen LogP contribution in [-0.4, -0.2) is 18.3 Å². The van der Waals surface area contributed by atoms with Gasteiger partial charge in [-0.05, 0) is 42.0 Å². The van der Waals surface area contributed by atoms with Gasteiger partial charge in [0.25, 0.3) is 0 Å². The minimum absolute atomic E-state index is 0.371. The molecule has 0 atom stereocenters. The number of nitrogens with one attached hydrogen (secondary N) is 1. The van der Waals surface area contributed by atoms with Crippen LogP contribution in [0.5, 0.6) is 5.75 Å². The number of para-hydroxylation sites is 2. The molecule has 0 saturated carbocycles. The summed E-state index contributed by atoms with van der Waals surface area (Å²) >= 11 is 0. The van der Waals surface area contributed by atoms with Gasteiger partial charge in [-0.2, -0.15) is 10.1 Å². The molecule has 0 saturated heterocycles. The second-order valence-corrected chi connectivity index (χ2v) is 4.13. The van der Waals surface area contributed by atoms with Crippen molar-refractivity contribution < 1.29 is 9.15 Å². The van der Waals surface area contributed by atoms with Crippen LogP contribution in [0.4, 0.5) is 6.01 Å². The summed E-state index contributed by atoms with van der Waals surface area (Å²) in [4.78, 5) is 4.26. The summed E-state index contributed by atoms with van der Waals surface area (Å²) in [6, 6.07) is 15.5. The van der Waals surface area contributed by atoms with Crippen LogP contribution in [0.3, 0.4) is 0 Å². The summed E-state index contributed by atoms with van der Waals surface area (Å²) in [5, 5.41) is 4.09. The smallest absolute Gasteiger partial charge is 0.316 e. The van der Waals surface area contributed by atoms with Gasteiger partial charge in [-0.25, -0.2) is 5.43 Å². The van der Waals surface area contributed by atoms with E-state index in [2.05, 4.69) is 15.5 Å². The fraction of sp³-hybridized carbons (Fsp3) is 0.0667. The van der Waals surface area contributed by atoms with Crippen LogP contribution in [0.2, 0.25) is 0 Å². The minimum Gasteiger partial charge on any atom is -0.497 e. The van der Waals surface area contributed by atoms with Gasteiger partial charge in [0.15, 0.2) is 5.58 Å². The van der Waals surface area contributed by atoms with Crippen LogP contribution < -0.4 is 10.2 Å². The number of aromatic nitrogens is 1. The largest absolute Gasteiger partial charge is 0.497 e. The molecule has 0 radical (unpaired) electrons. The zero-order valence-electron chi connectivity index (χ0n) is 10.9. The zero-order chi connectivity index (χ0) is 13.8. The second-order valence-electron chi connectivity index (χ2n) is 4.13. The van der Waals surface area contributed by atoms with Crippen LogP contribution in [0.15, 0.2) is 58.0 Å². The molecule has 0 spiro atoms. The van der Waals surface area contributed by atoms with Crippen molar-refractivity contribution in [2.24, 2.45) is 5.10 Å². The molecule has 0 unspecified atom stereocenters. The molecule has 0 fully saturated rings. The Morgan fingerprint density at radius 2 is 1.95 bits per heavy atom. The van der Waals surface area contributed by atoms with Crippen molar-refractivity contribution in [1.29, 1.82) is 0 Å². The standard InChI is InChI=1S/C15H13N3O2/c1-19-12-8-6-11(7-9-12)10-16-18-15-17-13-4-2-3-5-14(13)20-15/h2-10H,1H3,(H,17,18). The number of hydrazone groups is 1. The number of nitrogens with zero attached hydrogens (tertiary/aromatic N) is 2. The Morgan fingerprint density at radius 1 is 1.15 bits per heavy atom. The number of rotatable bonds is 4. The molecule has 5 nitrogen and oxygen atoms in total. The Hall–Kier alpha value is -2.82. The molecule has 0 aliphatic carbocycles. The quantitative estimate of drug-likeness (QED) is 0.582. The Morgan fingerprint density at radius 3 is 2.70 bits per heavy atom. The summed E-state index contributed by atoms with van der Waals surface area (Å²) < 4.78 is 10.6. The van der Waals surface area contributed by atoms with Crippen molar-refractivity contribution in [2.75, 3.05) is 12.5 Å². The highest BCUT2D eigenvalue weighted by Crippen LogP contribution is 2.17. The number of methoxy groups -OCH3 is 1. The predicted molar refractivity (Wildman–Crippen MR) is 78.2 cm³/mol. The Labute approximate surface area is 115 Å². The van der Waals surface area contributed by atoms with Crippen molar-refractivity contribution in [3.8, 4) is 5.75 Å². The van der Waals surface area contributed by atoms with Crippen molar-refractivity contribution in [2.45, 2.75) is 0 Å². The van der Waals surface area contributed by atoms with Gasteiger partial charge in [0.2, 0.25) is 0 Å². The number of ether oxygens (including phenoxy) is 1. The topological polar surface area (TPSA) is 59.6 Å². The Kier molecular flexibility index (Phi) is 3.33. The fourth-order valence-corrected chi connectivity index (χ4v) is 1.77. The highest BCUT2D eigenvalue weighted by Gasteiger charge is 2.02. The van der Waals surface area contributed by atoms with Crippen LogP contribution in [0.25, 0.3) is 11.1 Å². The minimum atomic E-state index is 0.371. The van der Waals surface area contributed by atoms with Crippen LogP contribution in [-0.2, 0) is 0 Å². The number of oxazole rings is 1. The normalized spacial score (nSPS) is 11.1. The number of fused-ring (bicyclic) bond motifs is 1. The first kappa shape index (κ1) is 12.2. The Bertz CT molecular complexity index is 699. The van der Waals surface area contributed by atoms with E-state index in [1.807, 2.05) is 48.5 Å². The molecule has 5 heteroatoms. The van der Waals surface area contributed by atoms with E-state index in [4.69, 9.17) is 9.15 Å². The number of benzene rings is 2. The van der Waals surface area contributed by atoms with E-state index < -0.39 is 0 Å². The lowest BCUT2D eigenvalue weighted by Crippen LogP contribution is -1.90. The third-order valence-electron chi connectivity index (χ3n) is 2.78. The maximum Gasteiger partial charge on any atom is 0.316 e. The summed E-state index contributed by atoms with van der Waals surface area (Å²) in [6.07, 6.45) is 1.69. The van der Waals surface area contributed by atoms with E-state index in [1.165, 1.54) is 0 Å². The molecule has 1 N–H and O–H groups in total. The van der Waals surface area contributed by atoms with E-state index >= 15 is 0 Å². The summed E-state index contributed by atoms with van der Waals surface area (Å²) in [5.41, 5.74) is 5.26. The van der Waals surface area contributed by atoms with Gasteiger partial charge in [-0.15, -0.1) is 0 Å². The van der Waals surface area contributed by atoms with Gasteiger partial charge in [0, 0.05) is 0 Å². The number of hydrogen-bond donors (Lipinski definition) is 1.